The summed E-state index contributed by atoms with van der Waals surface area (Å²) in [7, 11) is -3.57. The number of carbonyl (C=O) groups is 3. The molecule has 0 N–H and O–H groups in total. The molecule has 0 aromatic heterocycles. The maximum atomic E-state index is 14.3. The minimum atomic E-state index is -3.57. The van der Waals surface area contributed by atoms with Gasteiger partial charge in [0.05, 0.1) is 23.8 Å². The number of anilines is 1. The number of hydrogen-bond acceptors (Lipinski definition) is 9. The van der Waals surface area contributed by atoms with E-state index in [-0.39, 0.29) is 25.7 Å². The summed E-state index contributed by atoms with van der Waals surface area (Å²) < 4.78 is 36.7. The Morgan fingerprint density at radius 2 is 1.52 bits per heavy atom. The van der Waals surface area contributed by atoms with E-state index in [2.05, 4.69) is 6.58 Å². The molecule has 0 unspecified atom stereocenters. The lowest BCUT2D eigenvalue weighted by molar-refractivity contribution is -0.156. The second-order valence-corrected chi connectivity index (χ2v) is 16.2. The highest BCUT2D eigenvalue weighted by atomic mass is 31.2. The molecule has 0 radical (unpaired) electrons. The van der Waals surface area contributed by atoms with Gasteiger partial charge >= 0.3 is 19.7 Å². The summed E-state index contributed by atoms with van der Waals surface area (Å²) in [6.07, 6.45) is 0.533. The first-order valence-corrected chi connectivity index (χ1v) is 17.2. The molecule has 0 saturated carbocycles. The van der Waals surface area contributed by atoms with Crippen molar-refractivity contribution in [2.75, 3.05) is 18.1 Å². The van der Waals surface area contributed by atoms with Gasteiger partial charge in [0.25, 0.3) is 5.91 Å². The fraction of sp³-hybridized carbons (Fsp3) is 0.514. The van der Waals surface area contributed by atoms with Crippen LogP contribution in [0, 0.1) is 0 Å². The fourth-order valence-electron chi connectivity index (χ4n) is 5.10. The van der Waals surface area contributed by atoms with Gasteiger partial charge in [-0.1, -0.05) is 48.5 Å². The SMILES string of the molecule is C=CCN(c1ccc(CP(=O)(OC(C)(C)C)OC(C)(C)C)cc1)[C@H](CC(=O)OC(C)(C)C)C(=O)N1C(=O)OC[C@@H]1c1ccccc1. The van der Waals surface area contributed by atoms with Crippen LogP contribution in [0.15, 0.2) is 67.3 Å². The van der Waals surface area contributed by atoms with Crippen molar-refractivity contribution in [3.05, 3.63) is 78.4 Å². The Morgan fingerprint density at radius 1 is 0.957 bits per heavy atom. The van der Waals surface area contributed by atoms with Crippen molar-refractivity contribution in [3.8, 4) is 0 Å². The largest absolute Gasteiger partial charge is 0.460 e. The van der Waals surface area contributed by atoms with Gasteiger partial charge in [0.15, 0.2) is 0 Å². The summed E-state index contributed by atoms with van der Waals surface area (Å²) >= 11 is 0. The Balaban J connectivity index is 2.00. The normalized spacial score (nSPS) is 16.5. The van der Waals surface area contributed by atoms with Crippen LogP contribution in [0.5, 0.6) is 0 Å². The van der Waals surface area contributed by atoms with Crippen LogP contribution in [0.3, 0.4) is 0 Å². The standard InChI is InChI=1S/C35H49N2O8P/c1-11-21-36(27-19-17-25(18-20-27)24-46(41,44-34(5,6)7)45-35(8,9)10)28(22-30(38)43-33(2,3)4)31(39)37-29(23-42-32(37)40)26-15-13-12-14-16-26/h11-20,28-29H,1,21-24H2,2-10H3/t28-,29-/m1/s1. The van der Waals surface area contributed by atoms with Gasteiger partial charge in [0.2, 0.25) is 0 Å². The lowest BCUT2D eigenvalue weighted by Gasteiger charge is -2.35. The number of esters is 1. The highest BCUT2D eigenvalue weighted by Crippen LogP contribution is 2.57. The summed E-state index contributed by atoms with van der Waals surface area (Å²) in [6, 6.07) is 14.4. The van der Waals surface area contributed by atoms with E-state index in [1.165, 1.54) is 0 Å². The molecule has 3 rings (SSSR count). The first-order valence-electron chi connectivity index (χ1n) is 15.4. The Morgan fingerprint density at radius 3 is 2.02 bits per heavy atom. The number of rotatable bonds is 12. The number of imide groups is 1. The number of carbonyl (C=O) groups excluding carboxylic acids is 3. The maximum Gasteiger partial charge on any atom is 0.417 e. The van der Waals surface area contributed by atoms with Crippen LogP contribution < -0.4 is 4.90 Å². The van der Waals surface area contributed by atoms with Crippen molar-refractivity contribution in [1.82, 2.24) is 4.90 Å². The third-order valence-electron chi connectivity index (χ3n) is 6.53. The highest BCUT2D eigenvalue weighted by Gasteiger charge is 2.44. The van der Waals surface area contributed by atoms with Gasteiger partial charge in [0, 0.05) is 12.2 Å². The van der Waals surface area contributed by atoms with Crippen LogP contribution in [-0.2, 0) is 38.8 Å². The molecule has 11 heteroatoms. The van der Waals surface area contributed by atoms with Gasteiger partial charge in [0.1, 0.15) is 24.3 Å². The lowest BCUT2D eigenvalue weighted by Crippen LogP contribution is -2.51. The molecule has 2 amide bonds. The van der Waals surface area contributed by atoms with Gasteiger partial charge in [-0.25, -0.2) is 9.69 Å². The smallest absolute Gasteiger partial charge is 0.417 e. The summed E-state index contributed by atoms with van der Waals surface area (Å²) in [5.74, 6) is -1.20. The number of nitrogens with zero attached hydrogens (tertiary/aromatic N) is 2. The Kier molecular flexibility index (Phi) is 11.7. The average molecular weight is 657 g/mol. The average Bonchev–Trinajstić information content (AvgIpc) is 3.29. The molecule has 2 aromatic carbocycles. The van der Waals surface area contributed by atoms with Crippen molar-refractivity contribution < 1.29 is 37.5 Å². The maximum absolute atomic E-state index is 14.3. The highest BCUT2D eigenvalue weighted by molar-refractivity contribution is 7.53. The molecule has 1 saturated heterocycles. The molecule has 0 spiro atoms. The minimum absolute atomic E-state index is 0.00275. The van der Waals surface area contributed by atoms with E-state index in [4.69, 9.17) is 18.5 Å². The molecule has 252 valence electrons. The van der Waals surface area contributed by atoms with Gasteiger partial charge in [-0.3, -0.25) is 14.2 Å². The first-order chi connectivity index (χ1) is 21.2. The number of cyclic esters (lactones) is 1. The van der Waals surface area contributed by atoms with E-state index in [1.54, 1.807) is 56.0 Å². The van der Waals surface area contributed by atoms with Crippen LogP contribution >= 0.6 is 7.60 Å². The summed E-state index contributed by atoms with van der Waals surface area (Å²) in [6.45, 7) is 20.2. The van der Waals surface area contributed by atoms with Crippen molar-refractivity contribution in [3.63, 3.8) is 0 Å². The summed E-state index contributed by atoms with van der Waals surface area (Å²) in [5.41, 5.74) is -0.181. The summed E-state index contributed by atoms with van der Waals surface area (Å²) in [4.78, 5) is 43.3. The van der Waals surface area contributed by atoms with E-state index in [9.17, 15) is 18.9 Å². The summed E-state index contributed by atoms with van der Waals surface area (Å²) in [5, 5.41) is 0. The number of amides is 2. The first kappa shape index (κ1) is 37.0. The number of hydrogen-bond donors (Lipinski definition) is 0. The molecule has 10 nitrogen and oxygen atoms in total. The van der Waals surface area contributed by atoms with Crippen LogP contribution in [-0.4, -0.2) is 58.9 Å². The predicted molar refractivity (Wildman–Crippen MR) is 179 cm³/mol. The Labute approximate surface area is 273 Å². The van der Waals surface area contributed by atoms with Crippen LogP contribution in [0.4, 0.5) is 10.5 Å². The molecular weight excluding hydrogens is 607 g/mol. The Bertz CT molecular complexity index is 1400. The molecule has 0 aliphatic carbocycles. The van der Waals surface area contributed by atoms with Crippen molar-refractivity contribution in [2.24, 2.45) is 0 Å². The minimum Gasteiger partial charge on any atom is -0.460 e. The zero-order valence-electron chi connectivity index (χ0n) is 28.6. The van der Waals surface area contributed by atoms with E-state index in [1.807, 2.05) is 71.9 Å². The molecule has 1 aliphatic heterocycles. The fourth-order valence-corrected chi connectivity index (χ4v) is 7.60. The van der Waals surface area contributed by atoms with Crippen LogP contribution in [0.25, 0.3) is 0 Å². The quantitative estimate of drug-likeness (QED) is 0.128. The molecule has 2 atom stereocenters. The molecule has 1 fully saturated rings. The van der Waals surface area contributed by atoms with Gasteiger partial charge in [-0.2, -0.15) is 0 Å². The van der Waals surface area contributed by atoms with Crippen molar-refractivity contribution in [1.29, 1.82) is 0 Å². The van der Waals surface area contributed by atoms with Gasteiger partial charge in [-0.05, 0) is 85.6 Å². The number of ether oxygens (including phenoxy) is 2. The molecule has 46 heavy (non-hydrogen) atoms. The second-order valence-electron chi connectivity index (χ2n) is 14.3. The molecule has 2 aromatic rings. The molecule has 0 bridgehead atoms. The monoisotopic (exact) mass is 656 g/mol. The van der Waals surface area contributed by atoms with Crippen molar-refractivity contribution >= 4 is 31.3 Å². The lowest BCUT2D eigenvalue weighted by atomic mass is 10.0. The van der Waals surface area contributed by atoms with Gasteiger partial charge < -0.3 is 23.4 Å². The van der Waals surface area contributed by atoms with E-state index < -0.39 is 54.5 Å². The van der Waals surface area contributed by atoms with Crippen LogP contribution in [0.2, 0.25) is 0 Å². The Hall–Kier alpha value is -3.46. The van der Waals surface area contributed by atoms with Crippen molar-refractivity contribution in [2.45, 2.75) is 104 Å². The third-order valence-corrected chi connectivity index (χ3v) is 8.94. The predicted octanol–water partition coefficient (Wildman–Crippen LogP) is 7.82. The second kappa shape index (κ2) is 14.5. The zero-order valence-corrected chi connectivity index (χ0v) is 29.5. The zero-order chi connectivity index (χ0) is 34.5. The van der Waals surface area contributed by atoms with E-state index >= 15 is 0 Å². The van der Waals surface area contributed by atoms with Crippen LogP contribution in [0.1, 0.15) is 85.9 Å². The number of benzene rings is 2. The third kappa shape index (κ3) is 10.8. The molecule has 1 heterocycles. The molecular formula is C35H49N2O8P. The van der Waals surface area contributed by atoms with Gasteiger partial charge in [-0.15, -0.1) is 6.58 Å². The van der Waals surface area contributed by atoms with E-state index in [0.29, 0.717) is 11.3 Å². The molecule has 1 aliphatic rings. The topological polar surface area (TPSA) is 112 Å². The van der Waals surface area contributed by atoms with E-state index in [0.717, 1.165) is 10.5 Å².